The van der Waals surface area contributed by atoms with E-state index in [4.69, 9.17) is 0 Å². The van der Waals surface area contributed by atoms with Crippen LogP contribution in [-0.4, -0.2) is 18.0 Å². The van der Waals surface area contributed by atoms with Gasteiger partial charge in [-0.25, -0.2) is 0 Å². The van der Waals surface area contributed by atoms with E-state index >= 15 is 0 Å². The maximum absolute atomic E-state index is 9.34. The van der Waals surface area contributed by atoms with E-state index in [1.54, 1.807) is 0 Å². The van der Waals surface area contributed by atoms with Crippen molar-refractivity contribution in [3.8, 4) is 17.2 Å². The van der Waals surface area contributed by atoms with Crippen molar-refractivity contribution in [2.24, 2.45) is 10.8 Å². The highest BCUT2D eigenvalue weighted by atomic mass is 15.1. The van der Waals surface area contributed by atoms with Gasteiger partial charge in [-0.05, 0) is 65.4 Å². The molecule has 2 nitrogen and oxygen atoms in total. The summed E-state index contributed by atoms with van der Waals surface area (Å²) < 4.78 is 0. The zero-order valence-electron chi connectivity index (χ0n) is 18.0. The second-order valence-electron chi connectivity index (χ2n) is 9.39. The van der Waals surface area contributed by atoms with E-state index in [9.17, 15) is 5.26 Å². The molecular weight excluding hydrogens is 340 g/mol. The fraction of sp³-hybridized carbons (Fsp3) is 0.500. The van der Waals surface area contributed by atoms with Gasteiger partial charge in [0.1, 0.15) is 0 Å². The fourth-order valence-electron chi connectivity index (χ4n) is 4.51. The Hall–Kier alpha value is -2.11. The van der Waals surface area contributed by atoms with E-state index < -0.39 is 0 Å². The molecule has 1 aliphatic heterocycles. The topological polar surface area (TPSA) is 27.0 Å². The number of piperidine rings is 1. The van der Waals surface area contributed by atoms with E-state index in [0.29, 0.717) is 6.42 Å². The van der Waals surface area contributed by atoms with Crippen LogP contribution in [0.4, 0.5) is 0 Å². The van der Waals surface area contributed by atoms with Crippen molar-refractivity contribution in [2.75, 3.05) is 13.1 Å². The van der Waals surface area contributed by atoms with Gasteiger partial charge in [0.25, 0.3) is 0 Å². The van der Waals surface area contributed by atoms with E-state index in [0.717, 1.165) is 38.9 Å². The summed E-state index contributed by atoms with van der Waals surface area (Å²) in [6.07, 6.45) is 3.98. The Morgan fingerprint density at radius 3 is 2.21 bits per heavy atom. The summed E-state index contributed by atoms with van der Waals surface area (Å²) in [5.74, 6) is 0. The van der Waals surface area contributed by atoms with Crippen molar-refractivity contribution in [2.45, 2.75) is 59.9 Å². The average Bonchev–Trinajstić information content (AvgIpc) is 2.69. The summed E-state index contributed by atoms with van der Waals surface area (Å²) in [5, 5.41) is 9.34. The molecule has 0 bridgehead atoms. The highest BCUT2D eigenvalue weighted by Gasteiger charge is 2.43. The molecule has 0 aromatic heterocycles. The number of hydrogen-bond acceptors (Lipinski definition) is 2. The molecule has 1 fully saturated rings. The second-order valence-corrected chi connectivity index (χ2v) is 9.39. The Labute approximate surface area is 171 Å². The van der Waals surface area contributed by atoms with Crippen LogP contribution in [0.25, 0.3) is 11.1 Å². The van der Waals surface area contributed by atoms with Crippen LogP contribution < -0.4 is 0 Å². The number of hydrogen-bond donors (Lipinski definition) is 0. The van der Waals surface area contributed by atoms with Crippen LogP contribution in [0.3, 0.4) is 0 Å². The molecule has 2 aromatic rings. The Kier molecular flexibility index (Phi) is 6.26. The van der Waals surface area contributed by atoms with Crippen molar-refractivity contribution >= 4 is 0 Å². The number of rotatable bonds is 5. The summed E-state index contributed by atoms with van der Waals surface area (Å²) in [5.41, 5.74) is 5.69. The average molecular weight is 375 g/mol. The Balaban J connectivity index is 1.63. The third kappa shape index (κ3) is 4.47. The zero-order chi connectivity index (χ0) is 20.2. The maximum Gasteiger partial charge on any atom is 0.0627 e. The van der Waals surface area contributed by atoms with Crippen LogP contribution in [0.5, 0.6) is 0 Å². The highest BCUT2D eigenvalue weighted by Crippen LogP contribution is 2.49. The number of nitrogens with zero attached hydrogens (tertiary/aromatic N) is 2. The molecule has 0 radical (unpaired) electrons. The molecule has 148 valence electrons. The lowest BCUT2D eigenvalue weighted by atomic mass is 9.60. The summed E-state index contributed by atoms with van der Waals surface area (Å²) in [6.45, 7) is 12.3. The van der Waals surface area contributed by atoms with Crippen LogP contribution >= 0.6 is 0 Å². The van der Waals surface area contributed by atoms with Crippen LogP contribution in [0.2, 0.25) is 0 Å². The fourth-order valence-corrected chi connectivity index (χ4v) is 4.51. The monoisotopic (exact) mass is 374 g/mol. The molecule has 2 heteroatoms. The first-order valence-corrected chi connectivity index (χ1v) is 10.6. The molecule has 0 spiro atoms. The van der Waals surface area contributed by atoms with Gasteiger partial charge >= 0.3 is 0 Å². The predicted octanol–water partition coefficient (Wildman–Crippen LogP) is 6.46. The SMILES string of the molecule is CCc1cccc(-c2ccc(CN3CCC(CC#N)(C(C)(C)C)CC3)cc2)c1. The summed E-state index contributed by atoms with van der Waals surface area (Å²) in [7, 11) is 0. The van der Waals surface area contributed by atoms with Crippen LogP contribution in [-0.2, 0) is 13.0 Å². The largest absolute Gasteiger partial charge is 0.299 e. The van der Waals surface area contributed by atoms with E-state index in [-0.39, 0.29) is 10.8 Å². The van der Waals surface area contributed by atoms with Crippen molar-refractivity contribution in [3.63, 3.8) is 0 Å². The van der Waals surface area contributed by atoms with Crippen molar-refractivity contribution in [1.29, 1.82) is 5.26 Å². The van der Waals surface area contributed by atoms with Crippen molar-refractivity contribution < 1.29 is 0 Å². The molecule has 0 amide bonds. The molecule has 0 saturated carbocycles. The minimum absolute atomic E-state index is 0.159. The van der Waals surface area contributed by atoms with Gasteiger partial charge in [-0.15, -0.1) is 0 Å². The summed E-state index contributed by atoms with van der Waals surface area (Å²) >= 11 is 0. The predicted molar refractivity (Wildman–Crippen MR) is 118 cm³/mol. The summed E-state index contributed by atoms with van der Waals surface area (Å²) in [6, 6.07) is 20.3. The Bertz CT molecular complexity index is 813. The molecule has 28 heavy (non-hydrogen) atoms. The number of nitriles is 1. The lowest BCUT2D eigenvalue weighted by Gasteiger charge is -2.49. The Morgan fingerprint density at radius 1 is 0.964 bits per heavy atom. The minimum atomic E-state index is 0.159. The van der Waals surface area contributed by atoms with Gasteiger partial charge in [0.15, 0.2) is 0 Å². The van der Waals surface area contributed by atoms with Gasteiger partial charge in [-0.1, -0.05) is 76.2 Å². The Morgan fingerprint density at radius 2 is 1.64 bits per heavy atom. The standard InChI is InChI=1S/C26H34N2/c1-5-21-7-6-8-24(19-21)23-11-9-22(10-12-23)20-28-17-14-26(13-16-27,15-18-28)25(2,3)4/h6-12,19H,5,13-15,17-18,20H2,1-4H3. The smallest absolute Gasteiger partial charge is 0.0627 e. The zero-order valence-corrected chi connectivity index (χ0v) is 18.0. The second kappa shape index (κ2) is 8.50. The van der Waals surface area contributed by atoms with E-state index in [1.165, 1.54) is 22.3 Å². The van der Waals surface area contributed by atoms with Gasteiger partial charge in [-0.3, -0.25) is 4.90 Å². The molecule has 0 aliphatic carbocycles. The van der Waals surface area contributed by atoms with Gasteiger partial charge in [0.2, 0.25) is 0 Å². The lowest BCUT2D eigenvalue weighted by Crippen LogP contribution is -2.46. The van der Waals surface area contributed by atoms with Gasteiger partial charge in [0, 0.05) is 13.0 Å². The van der Waals surface area contributed by atoms with E-state index in [2.05, 4.69) is 87.2 Å². The number of likely N-dealkylation sites (tertiary alicyclic amines) is 1. The van der Waals surface area contributed by atoms with Crippen LogP contribution in [0.15, 0.2) is 48.5 Å². The minimum Gasteiger partial charge on any atom is -0.299 e. The maximum atomic E-state index is 9.34. The van der Waals surface area contributed by atoms with Gasteiger partial charge in [-0.2, -0.15) is 5.26 Å². The molecule has 3 rings (SSSR count). The molecular formula is C26H34N2. The van der Waals surface area contributed by atoms with Gasteiger partial charge < -0.3 is 0 Å². The molecule has 0 atom stereocenters. The lowest BCUT2D eigenvalue weighted by molar-refractivity contribution is 0.00711. The third-order valence-corrected chi connectivity index (χ3v) is 6.85. The van der Waals surface area contributed by atoms with Crippen molar-refractivity contribution in [3.05, 3.63) is 59.7 Å². The normalized spacial score (nSPS) is 17.2. The van der Waals surface area contributed by atoms with E-state index in [1.807, 2.05) is 0 Å². The highest BCUT2D eigenvalue weighted by molar-refractivity contribution is 5.64. The first-order chi connectivity index (χ1) is 13.4. The van der Waals surface area contributed by atoms with Gasteiger partial charge in [0.05, 0.1) is 6.07 Å². The van der Waals surface area contributed by atoms with Crippen LogP contribution in [0, 0.1) is 22.2 Å². The van der Waals surface area contributed by atoms with Crippen molar-refractivity contribution in [1.82, 2.24) is 4.90 Å². The summed E-state index contributed by atoms with van der Waals surface area (Å²) in [4.78, 5) is 2.55. The molecule has 1 aliphatic rings. The quantitative estimate of drug-likeness (QED) is 0.600. The first kappa shape index (κ1) is 20.6. The number of benzene rings is 2. The third-order valence-electron chi connectivity index (χ3n) is 6.85. The molecule has 1 heterocycles. The molecule has 0 unspecified atom stereocenters. The molecule has 1 saturated heterocycles. The number of aryl methyl sites for hydroxylation is 1. The van der Waals surface area contributed by atoms with Crippen LogP contribution in [0.1, 0.15) is 58.1 Å². The first-order valence-electron chi connectivity index (χ1n) is 10.6. The molecule has 2 aromatic carbocycles. The molecule has 0 N–H and O–H groups in total.